The van der Waals surface area contributed by atoms with Gasteiger partial charge in [0, 0.05) is 9.79 Å². The summed E-state index contributed by atoms with van der Waals surface area (Å²) in [6, 6.07) is 16.3. The quantitative estimate of drug-likeness (QED) is 0.374. The van der Waals surface area contributed by atoms with E-state index in [0.717, 1.165) is 9.79 Å². The zero-order valence-corrected chi connectivity index (χ0v) is 21.0. The molecule has 0 saturated heterocycles. The molecule has 12 heteroatoms. The monoisotopic (exact) mass is 521 g/mol. The minimum absolute atomic E-state index is 1.01. The zero-order chi connectivity index (χ0) is 19.0. The van der Waals surface area contributed by atoms with Gasteiger partial charge in [0.15, 0.2) is 0 Å². The van der Waals surface area contributed by atoms with Gasteiger partial charge in [-0.05, 0) is 106 Å². The van der Waals surface area contributed by atoms with Gasteiger partial charge >= 0.3 is 0 Å². The van der Waals surface area contributed by atoms with E-state index in [-0.39, 0.29) is 0 Å². The van der Waals surface area contributed by atoms with Gasteiger partial charge in [-0.1, -0.05) is 35.4 Å². The van der Waals surface area contributed by atoms with Crippen LogP contribution in [0.25, 0.3) is 0 Å². The molecule has 0 spiro atoms. The molecule has 2 aromatic rings. The van der Waals surface area contributed by atoms with Crippen molar-refractivity contribution < 1.29 is 0 Å². The van der Waals surface area contributed by atoms with Crippen molar-refractivity contribution in [3.8, 4) is 0 Å². The summed E-state index contributed by atoms with van der Waals surface area (Å²) < 4.78 is 13.5. The maximum absolute atomic E-state index is 6.37. The molecule has 0 atom stereocenters. The number of aryl methyl sites for hydroxylation is 2. The van der Waals surface area contributed by atoms with Crippen LogP contribution in [0.1, 0.15) is 11.1 Å². The lowest BCUT2D eigenvalue weighted by Gasteiger charge is -2.25. The van der Waals surface area contributed by atoms with Gasteiger partial charge in [-0.3, -0.25) is 0 Å². The Morgan fingerprint density at radius 1 is 0.615 bits per heavy atom. The van der Waals surface area contributed by atoms with E-state index in [4.69, 9.17) is 45.0 Å². The van der Waals surface area contributed by atoms with E-state index < -0.39 is 17.4 Å². The summed E-state index contributed by atoms with van der Waals surface area (Å²) >= 11 is 28.5. The molecule has 0 N–H and O–H groups in total. The molecule has 2 aromatic carbocycles. The molecule has 140 valence electrons. The molecular weight excluding hydrogens is 509 g/mol. The Hall–Kier alpha value is 0.990. The highest BCUT2D eigenvalue weighted by Crippen LogP contribution is 2.92. The minimum atomic E-state index is -2.98. The van der Waals surface area contributed by atoms with Gasteiger partial charge < -0.3 is 0 Å². The van der Waals surface area contributed by atoms with Crippen molar-refractivity contribution in [3.63, 3.8) is 0 Å². The predicted molar refractivity (Wildman–Crippen MR) is 126 cm³/mol. The highest BCUT2D eigenvalue weighted by molar-refractivity contribution is 8.91. The predicted octanol–water partition coefficient (Wildman–Crippen LogP) is 11.0. The third-order valence-corrected chi connectivity index (χ3v) is 21.4. The van der Waals surface area contributed by atoms with Crippen LogP contribution in [0.5, 0.6) is 0 Å². The second-order valence-corrected chi connectivity index (χ2v) is 23.3. The van der Waals surface area contributed by atoms with Crippen molar-refractivity contribution in [1.29, 1.82) is 0 Å². The molecule has 3 nitrogen and oxygen atoms in total. The number of halogens is 4. The van der Waals surface area contributed by atoms with Crippen molar-refractivity contribution in [2.24, 2.45) is 13.5 Å². The maximum Gasteiger partial charge on any atom is 0.257 e. The Morgan fingerprint density at radius 2 is 1.00 bits per heavy atom. The number of benzene rings is 2. The van der Waals surface area contributed by atoms with Crippen molar-refractivity contribution in [3.05, 3.63) is 59.7 Å². The second kappa shape index (κ2) is 8.39. The first-order valence-electron chi connectivity index (χ1n) is 7.29. The topological polar surface area (TPSA) is 37.1 Å². The first kappa shape index (κ1) is 21.7. The highest BCUT2D eigenvalue weighted by atomic mass is 35.9. The SMILES string of the molecule is Cc1ccc(SP2(Sc3ccc(C)cc3)=NP(Cl)(Cl)=NP(Cl)(Cl)=N2)cc1. The molecule has 0 bridgehead atoms. The Morgan fingerprint density at radius 3 is 1.38 bits per heavy atom. The van der Waals surface area contributed by atoms with Gasteiger partial charge in [0.25, 0.3) is 11.8 Å². The number of hydrogen-bond acceptors (Lipinski definition) is 5. The van der Waals surface area contributed by atoms with Gasteiger partial charge in [-0.25, -0.2) is 0 Å². The van der Waals surface area contributed by atoms with Crippen LogP contribution in [-0.2, 0) is 0 Å². The fourth-order valence-corrected chi connectivity index (χ4v) is 29.0. The molecule has 0 aromatic heterocycles. The second-order valence-electron chi connectivity index (χ2n) is 5.48. The zero-order valence-electron chi connectivity index (χ0n) is 13.6. The summed E-state index contributed by atoms with van der Waals surface area (Å²) in [6.45, 7) is 4.08. The molecular formula is C14H14Cl4N3P3S2. The number of nitrogens with zero attached hydrogens (tertiary/aromatic N) is 3. The summed E-state index contributed by atoms with van der Waals surface area (Å²) in [4.78, 5) is 2.03. The molecule has 0 fully saturated rings. The van der Waals surface area contributed by atoms with Gasteiger partial charge in [-0.15, -0.1) is 0 Å². The van der Waals surface area contributed by atoms with E-state index in [1.807, 2.05) is 62.4 Å². The van der Waals surface area contributed by atoms with E-state index in [9.17, 15) is 0 Å². The number of rotatable bonds is 4. The van der Waals surface area contributed by atoms with E-state index >= 15 is 0 Å². The molecule has 1 aliphatic rings. The molecule has 0 unspecified atom stereocenters. The summed E-state index contributed by atoms with van der Waals surface area (Å²) in [5.74, 6) is -5.96. The molecule has 1 aliphatic heterocycles. The van der Waals surface area contributed by atoms with E-state index in [0.29, 0.717) is 0 Å². The smallest absolute Gasteiger partial charge is 0.193 e. The lowest BCUT2D eigenvalue weighted by Crippen LogP contribution is -1.78. The molecule has 0 aliphatic carbocycles. The molecule has 0 amide bonds. The van der Waals surface area contributed by atoms with Crippen LogP contribution in [0.2, 0.25) is 0 Å². The van der Waals surface area contributed by atoms with Crippen molar-refractivity contribution in [1.82, 2.24) is 0 Å². The molecule has 26 heavy (non-hydrogen) atoms. The largest absolute Gasteiger partial charge is 0.257 e. The average Bonchev–Trinajstić information content (AvgIpc) is 2.49. The van der Waals surface area contributed by atoms with Crippen LogP contribution < -0.4 is 0 Å². The van der Waals surface area contributed by atoms with Crippen molar-refractivity contribution in [2.45, 2.75) is 23.6 Å². The van der Waals surface area contributed by atoms with E-state index in [1.54, 1.807) is 0 Å². The molecule has 1 heterocycles. The standard InChI is InChI=1S/C14H14Cl4N3P3S2/c1-11-3-7-13(8-4-11)25-24(26-14-9-5-12(2)6-10-14)20-22(15,16)19-23(17,18)21-24/h3-10H,1-2H3. The van der Waals surface area contributed by atoms with E-state index in [1.165, 1.54) is 33.9 Å². The minimum Gasteiger partial charge on any atom is -0.193 e. The van der Waals surface area contributed by atoms with Gasteiger partial charge in [0.1, 0.15) is 0 Å². The summed E-state index contributed by atoms with van der Waals surface area (Å²) in [5, 5.41) is 0. The van der Waals surface area contributed by atoms with Crippen LogP contribution in [0.15, 0.2) is 71.9 Å². The van der Waals surface area contributed by atoms with Crippen LogP contribution in [0, 0.1) is 13.8 Å². The normalized spacial score (nSPS) is 19.8. The van der Waals surface area contributed by atoms with Crippen molar-refractivity contribution in [2.75, 3.05) is 0 Å². The Balaban J connectivity index is 2.11. The van der Waals surface area contributed by atoms with Gasteiger partial charge in [0.05, 0.1) is 0 Å². The highest BCUT2D eigenvalue weighted by Gasteiger charge is 2.35. The van der Waals surface area contributed by atoms with E-state index in [2.05, 4.69) is 13.5 Å². The van der Waals surface area contributed by atoms with Crippen LogP contribution >= 0.6 is 85.2 Å². The Kier molecular flexibility index (Phi) is 7.00. The average molecular weight is 523 g/mol. The van der Waals surface area contributed by atoms with Crippen LogP contribution in [0.4, 0.5) is 0 Å². The third-order valence-electron chi connectivity index (χ3n) is 3.15. The lowest BCUT2D eigenvalue weighted by molar-refractivity contribution is 1.38. The Labute approximate surface area is 180 Å². The number of hydrogen-bond donors (Lipinski definition) is 0. The van der Waals surface area contributed by atoms with Crippen LogP contribution in [0.3, 0.4) is 0 Å². The molecule has 0 radical (unpaired) electrons. The Bertz CT molecular complexity index is 922. The molecule has 0 saturated carbocycles. The molecule has 3 rings (SSSR count). The maximum atomic E-state index is 6.37. The fourth-order valence-electron chi connectivity index (χ4n) is 2.02. The fraction of sp³-hybridized carbons (Fsp3) is 0.143. The van der Waals surface area contributed by atoms with Gasteiger partial charge in [-0.2, -0.15) is 13.5 Å². The summed E-state index contributed by atoms with van der Waals surface area (Å²) in [5.41, 5.74) is -0.198. The first-order valence-corrected chi connectivity index (χ1v) is 18.8. The van der Waals surface area contributed by atoms with Gasteiger partial charge in [0.2, 0.25) is 5.61 Å². The summed E-state index contributed by atoms with van der Waals surface area (Å²) in [7, 11) is 0. The lowest BCUT2D eigenvalue weighted by atomic mass is 10.2. The third kappa shape index (κ3) is 5.99. The summed E-state index contributed by atoms with van der Waals surface area (Å²) in [6.07, 6.45) is 0. The van der Waals surface area contributed by atoms with Crippen LogP contribution in [-0.4, -0.2) is 0 Å². The first-order chi connectivity index (χ1) is 12.1. The van der Waals surface area contributed by atoms with Crippen molar-refractivity contribution >= 4 is 85.2 Å².